The molecule has 3 heteroatoms. The van der Waals surface area contributed by atoms with Crippen LogP contribution in [0.1, 0.15) is 11.5 Å². The molecule has 0 unspecified atom stereocenters. The number of nitrogens with one attached hydrogen (secondary N) is 1. The largest absolute Gasteiger partial charge is 0.305 e. The average Bonchev–Trinajstić information content (AvgIpc) is 1.88. The lowest BCUT2D eigenvalue weighted by molar-refractivity contribution is 1.08. The predicted molar refractivity (Wildman–Crippen MR) is 34.7 cm³/mol. The Bertz CT molecular complexity index is 219. The lowest BCUT2D eigenvalue weighted by Crippen LogP contribution is -1.92. The van der Waals surface area contributed by atoms with Crippen molar-refractivity contribution in [3.63, 3.8) is 0 Å². The molecule has 0 saturated heterocycles. The highest BCUT2D eigenvalue weighted by molar-refractivity contribution is 5.70. The van der Waals surface area contributed by atoms with Crippen LogP contribution in [0.5, 0.6) is 0 Å². The molecular weight excluding hydrogens is 114 g/mol. The van der Waals surface area contributed by atoms with Crippen LogP contribution in [0.25, 0.3) is 0 Å². The molecule has 0 amide bonds. The van der Waals surface area contributed by atoms with E-state index >= 15 is 0 Å². The molecule has 0 fully saturated rings. The van der Waals surface area contributed by atoms with E-state index in [1.165, 1.54) is 0 Å². The molecule has 0 atom stereocenters. The molecule has 0 bridgehead atoms. The second-order valence-corrected chi connectivity index (χ2v) is 1.70. The van der Waals surface area contributed by atoms with Gasteiger partial charge in [0.15, 0.2) is 5.82 Å². The first kappa shape index (κ1) is 5.88. The van der Waals surface area contributed by atoms with Crippen molar-refractivity contribution in [2.45, 2.75) is 6.92 Å². The summed E-state index contributed by atoms with van der Waals surface area (Å²) in [5.74, 6) is 0.468. The van der Waals surface area contributed by atoms with Gasteiger partial charge in [0.25, 0.3) is 0 Å². The van der Waals surface area contributed by atoms with Crippen LogP contribution >= 0.6 is 0 Å². The zero-order valence-electron chi connectivity index (χ0n) is 5.13. The van der Waals surface area contributed by atoms with Gasteiger partial charge in [0.05, 0.1) is 6.21 Å². The van der Waals surface area contributed by atoms with E-state index < -0.39 is 0 Å². The molecule has 0 aliphatic heterocycles. The van der Waals surface area contributed by atoms with E-state index in [1.54, 1.807) is 12.3 Å². The van der Waals surface area contributed by atoms with Crippen LogP contribution in [0.2, 0.25) is 0 Å². The third-order valence-corrected chi connectivity index (χ3v) is 0.943. The summed E-state index contributed by atoms with van der Waals surface area (Å²) in [6.45, 7) is 1.87. The summed E-state index contributed by atoms with van der Waals surface area (Å²) < 4.78 is 0. The maximum Gasteiger partial charge on any atom is 0.169 e. The van der Waals surface area contributed by atoms with Gasteiger partial charge in [-0.05, 0) is 13.0 Å². The van der Waals surface area contributed by atoms with Crippen LogP contribution < -0.4 is 0 Å². The fraction of sp³-hybridized carbons (Fsp3) is 0.167. The minimum atomic E-state index is 0.468. The van der Waals surface area contributed by atoms with Gasteiger partial charge in [0.2, 0.25) is 0 Å². The van der Waals surface area contributed by atoms with Gasteiger partial charge in [0, 0.05) is 11.9 Å². The van der Waals surface area contributed by atoms with Crippen LogP contribution in [-0.4, -0.2) is 16.2 Å². The molecule has 0 saturated carbocycles. The van der Waals surface area contributed by atoms with E-state index in [0.29, 0.717) is 5.82 Å². The first-order valence-corrected chi connectivity index (χ1v) is 2.63. The molecule has 1 aromatic heterocycles. The van der Waals surface area contributed by atoms with E-state index in [9.17, 15) is 0 Å². The monoisotopic (exact) mass is 121 g/mol. The molecule has 3 nitrogen and oxygen atoms in total. The fourth-order valence-corrected chi connectivity index (χ4v) is 0.538. The van der Waals surface area contributed by atoms with Gasteiger partial charge in [-0.3, -0.25) is 0 Å². The second-order valence-electron chi connectivity index (χ2n) is 1.70. The van der Waals surface area contributed by atoms with E-state index in [-0.39, 0.29) is 0 Å². The van der Waals surface area contributed by atoms with Crippen molar-refractivity contribution in [1.82, 2.24) is 9.97 Å². The van der Waals surface area contributed by atoms with Crippen molar-refractivity contribution >= 4 is 6.21 Å². The predicted octanol–water partition coefficient (Wildman–Crippen LogP) is 0.783. The molecule has 1 aromatic rings. The number of hydrogen-bond donors (Lipinski definition) is 1. The van der Waals surface area contributed by atoms with E-state index in [1.807, 2.05) is 6.92 Å². The van der Waals surface area contributed by atoms with Crippen LogP contribution in [-0.2, 0) is 0 Å². The Morgan fingerprint density at radius 2 is 2.44 bits per heavy atom. The molecule has 1 N–H and O–H groups in total. The van der Waals surface area contributed by atoms with E-state index in [2.05, 4.69) is 9.97 Å². The number of hydrogen-bond acceptors (Lipinski definition) is 3. The SMILES string of the molecule is Cc1ccnc(C=N)n1. The van der Waals surface area contributed by atoms with Gasteiger partial charge in [0.1, 0.15) is 0 Å². The molecule has 0 aliphatic rings. The minimum absolute atomic E-state index is 0.468. The summed E-state index contributed by atoms with van der Waals surface area (Å²) in [5, 5.41) is 6.79. The van der Waals surface area contributed by atoms with Gasteiger partial charge in [-0.25, -0.2) is 9.97 Å². The molecule has 9 heavy (non-hydrogen) atoms. The van der Waals surface area contributed by atoms with Crippen molar-refractivity contribution in [2.24, 2.45) is 0 Å². The average molecular weight is 121 g/mol. The third kappa shape index (κ3) is 1.32. The molecule has 1 heterocycles. The van der Waals surface area contributed by atoms with Crippen molar-refractivity contribution in [3.05, 3.63) is 23.8 Å². The number of aromatic nitrogens is 2. The summed E-state index contributed by atoms with van der Waals surface area (Å²) in [6, 6.07) is 1.80. The lowest BCUT2D eigenvalue weighted by atomic mass is 10.4. The zero-order valence-corrected chi connectivity index (χ0v) is 5.13. The quantitative estimate of drug-likeness (QED) is 0.558. The lowest BCUT2D eigenvalue weighted by Gasteiger charge is -1.89. The van der Waals surface area contributed by atoms with Gasteiger partial charge in [-0.1, -0.05) is 0 Å². The topological polar surface area (TPSA) is 49.6 Å². The highest BCUT2D eigenvalue weighted by Crippen LogP contribution is 1.88. The Kier molecular flexibility index (Phi) is 1.53. The third-order valence-electron chi connectivity index (χ3n) is 0.943. The summed E-state index contributed by atoms with van der Waals surface area (Å²) in [6.07, 6.45) is 2.77. The Morgan fingerprint density at radius 3 is 2.89 bits per heavy atom. The standard InChI is InChI=1S/C6H7N3/c1-5-2-3-8-6(4-7)9-5/h2-4,7H,1H3. The van der Waals surface area contributed by atoms with Crippen LogP contribution in [0.15, 0.2) is 12.3 Å². The molecule has 1 rings (SSSR count). The molecule has 0 radical (unpaired) electrons. The minimum Gasteiger partial charge on any atom is -0.305 e. The molecule has 46 valence electrons. The van der Waals surface area contributed by atoms with Crippen LogP contribution in [0, 0.1) is 12.3 Å². The smallest absolute Gasteiger partial charge is 0.169 e. The van der Waals surface area contributed by atoms with Gasteiger partial charge >= 0.3 is 0 Å². The van der Waals surface area contributed by atoms with Crippen molar-refractivity contribution < 1.29 is 0 Å². The fourth-order valence-electron chi connectivity index (χ4n) is 0.538. The number of nitrogens with zero attached hydrogens (tertiary/aromatic N) is 2. The Balaban J connectivity index is 3.07. The van der Waals surface area contributed by atoms with Gasteiger partial charge < -0.3 is 5.41 Å². The zero-order chi connectivity index (χ0) is 6.69. The Hall–Kier alpha value is -1.25. The summed E-state index contributed by atoms with van der Waals surface area (Å²) >= 11 is 0. The second kappa shape index (κ2) is 2.35. The first-order valence-electron chi connectivity index (χ1n) is 2.63. The van der Waals surface area contributed by atoms with Crippen LogP contribution in [0.3, 0.4) is 0 Å². The maximum absolute atomic E-state index is 6.79. The molecular formula is C6H7N3. The summed E-state index contributed by atoms with van der Waals surface area (Å²) in [5.41, 5.74) is 0.892. The normalized spacial score (nSPS) is 9.00. The summed E-state index contributed by atoms with van der Waals surface area (Å²) in [4.78, 5) is 7.74. The highest BCUT2D eigenvalue weighted by Gasteiger charge is 1.87. The van der Waals surface area contributed by atoms with Crippen molar-refractivity contribution in [3.8, 4) is 0 Å². The van der Waals surface area contributed by atoms with Crippen LogP contribution in [0.4, 0.5) is 0 Å². The van der Waals surface area contributed by atoms with E-state index in [4.69, 9.17) is 5.41 Å². The Morgan fingerprint density at radius 1 is 1.67 bits per heavy atom. The van der Waals surface area contributed by atoms with Crippen molar-refractivity contribution in [2.75, 3.05) is 0 Å². The first-order chi connectivity index (χ1) is 4.33. The number of rotatable bonds is 1. The summed E-state index contributed by atoms with van der Waals surface area (Å²) in [7, 11) is 0. The van der Waals surface area contributed by atoms with Gasteiger partial charge in [-0.2, -0.15) is 0 Å². The molecule has 0 aliphatic carbocycles. The van der Waals surface area contributed by atoms with E-state index in [0.717, 1.165) is 11.9 Å². The molecule has 0 aromatic carbocycles. The molecule has 0 spiro atoms. The Labute approximate surface area is 53.3 Å². The highest BCUT2D eigenvalue weighted by atomic mass is 14.9. The maximum atomic E-state index is 6.79. The van der Waals surface area contributed by atoms with Crippen molar-refractivity contribution in [1.29, 1.82) is 5.41 Å². The van der Waals surface area contributed by atoms with Gasteiger partial charge in [-0.15, -0.1) is 0 Å². The number of aryl methyl sites for hydroxylation is 1.